The topological polar surface area (TPSA) is 0 Å². The van der Waals surface area contributed by atoms with Crippen LogP contribution in [-0.4, -0.2) is 0 Å². The fourth-order valence-electron chi connectivity index (χ4n) is 1.94. The van der Waals surface area contributed by atoms with Crippen LogP contribution in [0.4, 0.5) is 0 Å². The highest BCUT2D eigenvalue weighted by molar-refractivity contribution is 5.71. The molecule has 0 N–H and O–H groups in total. The molecule has 0 bridgehead atoms. The van der Waals surface area contributed by atoms with E-state index >= 15 is 0 Å². The van der Waals surface area contributed by atoms with Crippen molar-refractivity contribution in [3.8, 4) is 11.1 Å². The highest BCUT2D eigenvalue weighted by Gasteiger charge is 2.10. The van der Waals surface area contributed by atoms with E-state index in [-0.39, 0.29) is 0 Å². The molecular formula is C14H16. The van der Waals surface area contributed by atoms with Gasteiger partial charge in [0.25, 0.3) is 0 Å². The van der Waals surface area contributed by atoms with Gasteiger partial charge in [-0.15, -0.1) is 0 Å². The Labute approximate surface area is 85.9 Å². The molecule has 0 nitrogen and oxygen atoms in total. The van der Waals surface area contributed by atoms with E-state index in [2.05, 4.69) is 57.2 Å². The first-order valence-corrected chi connectivity index (χ1v) is 5.18. The van der Waals surface area contributed by atoms with Gasteiger partial charge in [0, 0.05) is 0 Å². The predicted octanol–water partition coefficient (Wildman–Crippen LogP) is 4.22. The van der Waals surface area contributed by atoms with Crippen LogP contribution in [0.5, 0.6) is 0 Å². The van der Waals surface area contributed by atoms with Gasteiger partial charge in [-0.05, 0) is 29.5 Å². The van der Waals surface area contributed by atoms with E-state index in [1.165, 1.54) is 22.3 Å². The molecule has 14 heavy (non-hydrogen) atoms. The van der Waals surface area contributed by atoms with Crippen LogP contribution in [0.1, 0.15) is 30.9 Å². The van der Waals surface area contributed by atoms with Crippen LogP contribution < -0.4 is 0 Å². The summed E-state index contributed by atoms with van der Waals surface area (Å²) in [5.41, 5.74) is 5.53. The van der Waals surface area contributed by atoms with Gasteiger partial charge in [-0.2, -0.15) is 0 Å². The average molecular weight is 184 g/mol. The van der Waals surface area contributed by atoms with Crippen molar-refractivity contribution < 1.29 is 0 Å². The summed E-state index contributed by atoms with van der Waals surface area (Å²) in [6.45, 7) is 6.63. The number of fused-ring (bicyclic) bond motifs is 1. The fourth-order valence-corrected chi connectivity index (χ4v) is 1.94. The summed E-state index contributed by atoms with van der Waals surface area (Å²) >= 11 is 0. The number of aryl methyl sites for hydroxylation is 1. The minimum Gasteiger partial charge on any atom is -0.0614 e. The highest BCUT2D eigenvalue weighted by Crippen LogP contribution is 2.32. The molecule has 0 aromatic rings. The van der Waals surface area contributed by atoms with Crippen LogP contribution in [0, 0.1) is 6.92 Å². The van der Waals surface area contributed by atoms with Gasteiger partial charge in [0.2, 0.25) is 0 Å². The molecule has 0 saturated carbocycles. The van der Waals surface area contributed by atoms with Crippen molar-refractivity contribution in [3.05, 3.63) is 47.5 Å². The van der Waals surface area contributed by atoms with Gasteiger partial charge < -0.3 is 0 Å². The molecule has 0 fully saturated rings. The molecule has 2 aliphatic carbocycles. The smallest absolute Gasteiger partial charge is 0.0149 e. The molecule has 72 valence electrons. The van der Waals surface area contributed by atoms with E-state index in [4.69, 9.17) is 0 Å². The maximum atomic E-state index is 2.25. The lowest BCUT2D eigenvalue weighted by atomic mass is 10.0. The van der Waals surface area contributed by atoms with Gasteiger partial charge in [-0.3, -0.25) is 0 Å². The molecule has 0 aliphatic heterocycles. The van der Waals surface area contributed by atoms with E-state index in [0.29, 0.717) is 5.92 Å². The Morgan fingerprint density at radius 1 is 1.00 bits per heavy atom. The summed E-state index contributed by atoms with van der Waals surface area (Å²) in [5.74, 6) is 0.607. The second-order valence-corrected chi connectivity index (χ2v) is 4.23. The molecule has 0 unspecified atom stereocenters. The van der Waals surface area contributed by atoms with Crippen molar-refractivity contribution in [2.75, 3.05) is 0 Å². The molecule has 0 radical (unpaired) electrons. The molecule has 0 heteroatoms. The standard InChI is InChI=1S/C14H16/c1-10(2)13-8-7-12-9-11(3)5-4-6-14(12)13/h4-10H,1-3H3. The fraction of sp³-hybridized carbons (Fsp3) is 0.286. The Morgan fingerprint density at radius 2 is 1.79 bits per heavy atom. The Hall–Kier alpha value is -1.30. The minimum absolute atomic E-state index is 0.607. The van der Waals surface area contributed by atoms with E-state index in [1.807, 2.05) is 0 Å². The lowest BCUT2D eigenvalue weighted by Gasteiger charge is -2.04. The van der Waals surface area contributed by atoms with Gasteiger partial charge in [-0.25, -0.2) is 0 Å². The number of rotatable bonds is 1. The Bertz CT molecular complexity index is 413. The van der Waals surface area contributed by atoms with Crippen LogP contribution in [0.15, 0.2) is 36.4 Å². The van der Waals surface area contributed by atoms with Crippen molar-refractivity contribution in [3.63, 3.8) is 0 Å². The van der Waals surface area contributed by atoms with E-state index < -0.39 is 0 Å². The predicted molar refractivity (Wildman–Crippen MR) is 61.9 cm³/mol. The van der Waals surface area contributed by atoms with Gasteiger partial charge in [0.1, 0.15) is 0 Å². The zero-order chi connectivity index (χ0) is 10.1. The largest absolute Gasteiger partial charge is 0.0614 e. The lowest BCUT2D eigenvalue weighted by Crippen LogP contribution is -1.84. The Balaban J connectivity index is 2.62. The van der Waals surface area contributed by atoms with Gasteiger partial charge in [-0.1, -0.05) is 55.8 Å². The second kappa shape index (κ2) is 3.45. The van der Waals surface area contributed by atoms with Crippen LogP contribution in [0.2, 0.25) is 0 Å². The maximum Gasteiger partial charge on any atom is -0.0149 e. The Morgan fingerprint density at radius 3 is 2.50 bits per heavy atom. The third-order valence-electron chi connectivity index (χ3n) is 2.69. The van der Waals surface area contributed by atoms with Crippen LogP contribution >= 0.6 is 0 Å². The average Bonchev–Trinajstić information content (AvgIpc) is 2.41. The lowest BCUT2D eigenvalue weighted by molar-refractivity contribution is 0.873. The molecule has 0 atom stereocenters. The highest BCUT2D eigenvalue weighted by atomic mass is 14.1. The molecule has 0 spiro atoms. The maximum absolute atomic E-state index is 2.25. The first-order valence-electron chi connectivity index (χ1n) is 5.18. The SMILES string of the molecule is Cc1cccc2c(C(C)C)ccc-2c1. The first-order chi connectivity index (χ1) is 6.68. The van der Waals surface area contributed by atoms with Crippen LogP contribution in [0.3, 0.4) is 0 Å². The summed E-state index contributed by atoms with van der Waals surface area (Å²) in [7, 11) is 0. The zero-order valence-corrected chi connectivity index (χ0v) is 9.04. The first kappa shape index (κ1) is 9.26. The van der Waals surface area contributed by atoms with Crippen molar-refractivity contribution in [2.24, 2.45) is 0 Å². The second-order valence-electron chi connectivity index (χ2n) is 4.23. The van der Waals surface area contributed by atoms with Crippen molar-refractivity contribution in [2.45, 2.75) is 26.7 Å². The van der Waals surface area contributed by atoms with E-state index in [9.17, 15) is 0 Å². The van der Waals surface area contributed by atoms with Gasteiger partial charge in [0.05, 0.1) is 0 Å². The molecule has 0 aromatic carbocycles. The number of hydrogen-bond acceptors (Lipinski definition) is 0. The molecule has 0 heterocycles. The van der Waals surface area contributed by atoms with Crippen LogP contribution in [-0.2, 0) is 0 Å². The molecule has 0 saturated heterocycles. The zero-order valence-electron chi connectivity index (χ0n) is 9.04. The van der Waals surface area contributed by atoms with Crippen molar-refractivity contribution in [1.29, 1.82) is 0 Å². The summed E-state index contributed by atoms with van der Waals surface area (Å²) in [5, 5.41) is 0. The summed E-state index contributed by atoms with van der Waals surface area (Å²) in [6.07, 6.45) is 0. The van der Waals surface area contributed by atoms with E-state index in [1.54, 1.807) is 0 Å². The quantitative estimate of drug-likeness (QED) is 0.622. The molecule has 0 amide bonds. The summed E-state index contributed by atoms with van der Waals surface area (Å²) in [4.78, 5) is 0. The third kappa shape index (κ3) is 1.52. The molecule has 2 aliphatic rings. The third-order valence-corrected chi connectivity index (χ3v) is 2.69. The van der Waals surface area contributed by atoms with Gasteiger partial charge >= 0.3 is 0 Å². The van der Waals surface area contributed by atoms with Crippen LogP contribution in [0.25, 0.3) is 11.1 Å². The summed E-state index contributed by atoms with van der Waals surface area (Å²) in [6, 6.07) is 13.2. The molecule has 2 rings (SSSR count). The molecular weight excluding hydrogens is 168 g/mol. The monoisotopic (exact) mass is 184 g/mol. The van der Waals surface area contributed by atoms with E-state index in [0.717, 1.165) is 0 Å². The van der Waals surface area contributed by atoms with Crippen molar-refractivity contribution >= 4 is 0 Å². The summed E-state index contributed by atoms with van der Waals surface area (Å²) < 4.78 is 0. The van der Waals surface area contributed by atoms with Crippen molar-refractivity contribution in [1.82, 2.24) is 0 Å². The minimum atomic E-state index is 0.607. The Kier molecular flexibility index (Phi) is 2.28. The molecule has 0 aromatic heterocycles. The number of hydrogen-bond donors (Lipinski definition) is 0. The van der Waals surface area contributed by atoms with Gasteiger partial charge in [0.15, 0.2) is 0 Å². The normalized spacial score (nSPS) is 11.1.